The van der Waals surface area contributed by atoms with E-state index in [1.807, 2.05) is 25.2 Å². The van der Waals surface area contributed by atoms with Crippen LogP contribution >= 0.6 is 11.3 Å². The van der Waals surface area contributed by atoms with Gasteiger partial charge >= 0.3 is 0 Å². The van der Waals surface area contributed by atoms with Crippen LogP contribution in [0, 0.1) is 0 Å². The van der Waals surface area contributed by atoms with Crippen LogP contribution in [0.5, 0.6) is 0 Å². The average molecular weight is 299 g/mol. The van der Waals surface area contributed by atoms with Crippen molar-refractivity contribution in [2.75, 3.05) is 13.1 Å². The summed E-state index contributed by atoms with van der Waals surface area (Å²) < 4.78 is 0. The highest BCUT2D eigenvalue weighted by molar-refractivity contribution is 7.09. The van der Waals surface area contributed by atoms with E-state index in [1.165, 1.54) is 23.4 Å². The van der Waals surface area contributed by atoms with E-state index in [1.54, 1.807) is 5.57 Å². The minimum atomic E-state index is 1.07. The van der Waals surface area contributed by atoms with E-state index < -0.39 is 0 Å². The van der Waals surface area contributed by atoms with Crippen molar-refractivity contribution in [2.24, 2.45) is 0 Å². The summed E-state index contributed by atoms with van der Waals surface area (Å²) in [7, 11) is 0. The molecule has 21 heavy (non-hydrogen) atoms. The first-order valence-electron chi connectivity index (χ1n) is 7.87. The molecule has 0 unspecified atom stereocenters. The third-order valence-electron chi connectivity index (χ3n) is 3.62. The van der Waals surface area contributed by atoms with E-state index in [4.69, 9.17) is 0 Å². The summed E-state index contributed by atoms with van der Waals surface area (Å²) in [4.78, 5) is 4.01. The molecule has 1 aliphatic rings. The molecule has 0 fully saturated rings. The van der Waals surface area contributed by atoms with Crippen LogP contribution in [0.4, 0.5) is 0 Å². The minimum Gasteiger partial charge on any atom is -0.295 e. The highest BCUT2D eigenvalue weighted by Crippen LogP contribution is 2.20. The summed E-state index contributed by atoms with van der Waals surface area (Å²) in [6, 6.07) is 15.1. The van der Waals surface area contributed by atoms with Gasteiger partial charge in [-0.3, -0.25) is 4.90 Å². The standard InChI is InChI=1S/C17H19NS.C2H6/c1-2-5-16(6-3-1)14-18-10-8-15(9-11-18)13-17-7-4-12-19-17;1-2/h1-8,12H,9-11,13-14H2;1-2H3. The van der Waals surface area contributed by atoms with Gasteiger partial charge in [0, 0.05) is 30.9 Å². The lowest BCUT2D eigenvalue weighted by Gasteiger charge is -2.26. The lowest BCUT2D eigenvalue weighted by molar-refractivity contribution is 0.285. The van der Waals surface area contributed by atoms with Crippen molar-refractivity contribution < 1.29 is 0 Å². The number of hydrogen-bond acceptors (Lipinski definition) is 2. The molecular weight excluding hydrogens is 274 g/mol. The predicted molar refractivity (Wildman–Crippen MR) is 93.8 cm³/mol. The SMILES string of the molecule is C1=C(Cc2cccs2)CCN(Cc2ccccc2)C1.CC. The van der Waals surface area contributed by atoms with Crippen LogP contribution in [0.15, 0.2) is 59.5 Å². The third-order valence-corrected chi connectivity index (χ3v) is 4.49. The van der Waals surface area contributed by atoms with Crippen molar-refractivity contribution in [3.8, 4) is 0 Å². The molecule has 0 saturated carbocycles. The second-order valence-corrected chi connectivity index (χ2v) is 6.12. The number of nitrogens with zero attached hydrogens (tertiary/aromatic N) is 1. The lowest BCUT2D eigenvalue weighted by Crippen LogP contribution is -2.28. The molecule has 0 N–H and O–H groups in total. The zero-order chi connectivity index (χ0) is 14.9. The summed E-state index contributed by atoms with van der Waals surface area (Å²) in [6.45, 7) is 7.35. The average Bonchev–Trinajstić information content (AvgIpc) is 3.05. The zero-order valence-corrected chi connectivity index (χ0v) is 13.9. The second-order valence-electron chi connectivity index (χ2n) is 5.09. The highest BCUT2D eigenvalue weighted by atomic mass is 32.1. The van der Waals surface area contributed by atoms with Crippen molar-refractivity contribution in [2.45, 2.75) is 33.2 Å². The Balaban J connectivity index is 0.000000774. The molecule has 2 heterocycles. The smallest absolute Gasteiger partial charge is 0.0237 e. The maximum Gasteiger partial charge on any atom is 0.0237 e. The van der Waals surface area contributed by atoms with Crippen LogP contribution in [-0.2, 0) is 13.0 Å². The molecule has 0 saturated heterocycles. The summed E-state index contributed by atoms with van der Waals surface area (Å²) in [5.41, 5.74) is 3.02. The largest absolute Gasteiger partial charge is 0.295 e. The van der Waals surface area contributed by atoms with Crippen molar-refractivity contribution in [1.29, 1.82) is 0 Å². The monoisotopic (exact) mass is 299 g/mol. The Morgan fingerprint density at radius 3 is 2.48 bits per heavy atom. The van der Waals surface area contributed by atoms with Gasteiger partial charge in [0.25, 0.3) is 0 Å². The first kappa shape index (κ1) is 16.0. The molecule has 1 nitrogen and oxygen atoms in total. The maximum atomic E-state index is 2.52. The molecule has 0 aliphatic carbocycles. The predicted octanol–water partition coefficient (Wildman–Crippen LogP) is 5.15. The molecule has 112 valence electrons. The number of thiophene rings is 1. The number of benzene rings is 1. The molecule has 3 rings (SSSR count). The van der Waals surface area contributed by atoms with Gasteiger partial charge in [0.05, 0.1) is 0 Å². The van der Waals surface area contributed by atoms with Gasteiger partial charge in [-0.1, -0.05) is 61.9 Å². The van der Waals surface area contributed by atoms with Gasteiger partial charge < -0.3 is 0 Å². The molecule has 1 aromatic heterocycles. The Kier molecular flexibility index (Phi) is 6.71. The topological polar surface area (TPSA) is 3.24 Å². The minimum absolute atomic E-state index is 1.07. The molecule has 0 atom stereocenters. The van der Waals surface area contributed by atoms with Gasteiger partial charge in [-0.2, -0.15) is 0 Å². The Labute approximate surface area is 132 Å². The van der Waals surface area contributed by atoms with Gasteiger partial charge in [-0.25, -0.2) is 0 Å². The molecule has 2 aromatic rings. The van der Waals surface area contributed by atoms with Gasteiger partial charge in [0.2, 0.25) is 0 Å². The van der Waals surface area contributed by atoms with Crippen LogP contribution in [-0.4, -0.2) is 18.0 Å². The van der Waals surface area contributed by atoms with Gasteiger partial charge in [-0.15, -0.1) is 11.3 Å². The first-order chi connectivity index (χ1) is 10.4. The molecular formula is C19H25NS. The molecule has 0 spiro atoms. The Hall–Kier alpha value is -1.38. The fourth-order valence-corrected chi connectivity index (χ4v) is 3.29. The number of rotatable bonds is 4. The van der Waals surface area contributed by atoms with Crippen molar-refractivity contribution in [3.05, 3.63) is 69.9 Å². The van der Waals surface area contributed by atoms with Crippen LogP contribution < -0.4 is 0 Å². The van der Waals surface area contributed by atoms with E-state index in [0.717, 1.165) is 19.5 Å². The van der Waals surface area contributed by atoms with Crippen LogP contribution in [0.25, 0.3) is 0 Å². The van der Waals surface area contributed by atoms with Crippen molar-refractivity contribution in [1.82, 2.24) is 4.90 Å². The molecule has 2 heteroatoms. The van der Waals surface area contributed by atoms with Gasteiger partial charge in [0.15, 0.2) is 0 Å². The van der Waals surface area contributed by atoms with Crippen LogP contribution in [0.3, 0.4) is 0 Å². The first-order valence-corrected chi connectivity index (χ1v) is 8.75. The van der Waals surface area contributed by atoms with Crippen LogP contribution in [0.1, 0.15) is 30.7 Å². The van der Waals surface area contributed by atoms with Crippen molar-refractivity contribution in [3.63, 3.8) is 0 Å². The Bertz CT molecular complexity index is 528. The highest BCUT2D eigenvalue weighted by Gasteiger charge is 2.12. The summed E-state index contributed by atoms with van der Waals surface area (Å²) >= 11 is 1.87. The Morgan fingerprint density at radius 2 is 1.86 bits per heavy atom. The normalized spacial score (nSPS) is 15.0. The molecule has 1 aromatic carbocycles. The fraction of sp³-hybridized carbons (Fsp3) is 0.368. The van der Waals surface area contributed by atoms with E-state index >= 15 is 0 Å². The molecule has 0 radical (unpaired) electrons. The fourth-order valence-electron chi connectivity index (χ4n) is 2.54. The van der Waals surface area contributed by atoms with Crippen molar-refractivity contribution >= 4 is 11.3 Å². The Morgan fingerprint density at radius 1 is 1.05 bits per heavy atom. The molecule has 0 amide bonds. The quantitative estimate of drug-likeness (QED) is 0.706. The summed E-state index contributed by atoms with van der Waals surface area (Å²) in [6.07, 6.45) is 4.79. The zero-order valence-electron chi connectivity index (χ0n) is 13.1. The van der Waals surface area contributed by atoms with Gasteiger partial charge in [0.1, 0.15) is 0 Å². The van der Waals surface area contributed by atoms with Gasteiger partial charge in [-0.05, 0) is 23.4 Å². The molecule has 1 aliphatic heterocycles. The molecule has 0 bridgehead atoms. The summed E-state index contributed by atoms with van der Waals surface area (Å²) in [5.74, 6) is 0. The maximum absolute atomic E-state index is 2.52. The third kappa shape index (κ3) is 5.14. The second kappa shape index (κ2) is 8.81. The van der Waals surface area contributed by atoms with E-state index in [9.17, 15) is 0 Å². The summed E-state index contributed by atoms with van der Waals surface area (Å²) in [5, 5.41) is 2.17. The number of hydrogen-bond donors (Lipinski definition) is 0. The van der Waals surface area contributed by atoms with Crippen LogP contribution in [0.2, 0.25) is 0 Å². The van der Waals surface area contributed by atoms with E-state index in [2.05, 4.69) is 58.8 Å². The lowest BCUT2D eigenvalue weighted by atomic mass is 10.0. The van der Waals surface area contributed by atoms with E-state index in [0.29, 0.717) is 0 Å². The van der Waals surface area contributed by atoms with E-state index in [-0.39, 0.29) is 0 Å².